The van der Waals surface area contributed by atoms with Crippen molar-refractivity contribution in [3.8, 4) is 0 Å². The summed E-state index contributed by atoms with van der Waals surface area (Å²) in [5.41, 5.74) is -0.0560. The van der Waals surface area contributed by atoms with Crippen LogP contribution < -0.4 is 10.2 Å². The highest BCUT2D eigenvalue weighted by Crippen LogP contribution is 2.30. The Morgan fingerprint density at radius 3 is 2.84 bits per heavy atom. The largest absolute Gasteiger partial charge is 0.364 e. The van der Waals surface area contributed by atoms with Gasteiger partial charge in [0.1, 0.15) is 6.33 Å². The van der Waals surface area contributed by atoms with Crippen LogP contribution in [0.15, 0.2) is 6.33 Å². The molecule has 0 radical (unpaired) electrons. The fraction of sp³-hybridized carbons (Fsp3) is 0.636. The second kappa shape index (κ2) is 7.78. The first-order valence-electron chi connectivity index (χ1n) is 6.05. The topological polar surface area (TPSA) is 84.2 Å². The summed E-state index contributed by atoms with van der Waals surface area (Å²) in [6.07, 6.45) is 4.23. The molecule has 0 unspecified atom stereocenters. The summed E-state index contributed by atoms with van der Waals surface area (Å²) < 4.78 is 0. The molecule has 1 heterocycles. The van der Waals surface area contributed by atoms with Crippen LogP contribution in [0.2, 0.25) is 0 Å². The summed E-state index contributed by atoms with van der Waals surface area (Å²) in [6, 6.07) is 0. The predicted molar refractivity (Wildman–Crippen MR) is 79.1 cm³/mol. The van der Waals surface area contributed by atoms with Gasteiger partial charge in [-0.1, -0.05) is 6.92 Å². The molecule has 0 saturated carbocycles. The minimum Gasteiger partial charge on any atom is -0.364 e. The Balaban J connectivity index is 3.05. The number of hydrogen-bond donors (Lipinski definition) is 1. The van der Waals surface area contributed by atoms with Crippen LogP contribution in [0.25, 0.3) is 0 Å². The first kappa shape index (κ1) is 15.5. The van der Waals surface area contributed by atoms with Crippen molar-refractivity contribution in [2.75, 3.05) is 42.4 Å². The molecule has 7 nitrogen and oxygen atoms in total. The molecule has 0 fully saturated rings. The fourth-order valence-electron chi connectivity index (χ4n) is 1.52. The molecule has 1 rings (SSSR count). The van der Waals surface area contributed by atoms with E-state index in [1.807, 2.05) is 13.2 Å². The zero-order chi connectivity index (χ0) is 14.3. The van der Waals surface area contributed by atoms with Gasteiger partial charge in [0.05, 0.1) is 4.92 Å². The molecule has 0 bridgehead atoms. The highest BCUT2D eigenvalue weighted by molar-refractivity contribution is 7.98. The van der Waals surface area contributed by atoms with Gasteiger partial charge in [-0.05, 0) is 12.7 Å². The van der Waals surface area contributed by atoms with Crippen LogP contribution in [-0.2, 0) is 0 Å². The third-order valence-corrected chi connectivity index (χ3v) is 3.11. The maximum atomic E-state index is 11.2. The number of hydrogen-bond acceptors (Lipinski definition) is 7. The van der Waals surface area contributed by atoms with Gasteiger partial charge in [-0.15, -0.1) is 0 Å². The van der Waals surface area contributed by atoms with E-state index in [2.05, 4.69) is 15.3 Å². The van der Waals surface area contributed by atoms with E-state index in [-0.39, 0.29) is 11.5 Å². The minimum atomic E-state index is -0.428. The molecule has 1 aromatic rings. The van der Waals surface area contributed by atoms with Crippen LogP contribution in [-0.4, -0.2) is 47.0 Å². The van der Waals surface area contributed by atoms with E-state index in [9.17, 15) is 10.1 Å². The number of nitro groups is 1. The lowest BCUT2D eigenvalue weighted by molar-refractivity contribution is -0.383. The Morgan fingerprint density at radius 2 is 2.26 bits per heavy atom. The zero-order valence-electron chi connectivity index (χ0n) is 11.4. The normalized spacial score (nSPS) is 10.3. The van der Waals surface area contributed by atoms with E-state index in [1.54, 1.807) is 23.7 Å². The Hall–Kier alpha value is -1.57. The van der Waals surface area contributed by atoms with E-state index in [4.69, 9.17) is 0 Å². The van der Waals surface area contributed by atoms with E-state index in [0.717, 1.165) is 12.2 Å². The van der Waals surface area contributed by atoms with Crippen molar-refractivity contribution >= 4 is 29.1 Å². The zero-order valence-corrected chi connectivity index (χ0v) is 12.2. The molecule has 0 aliphatic rings. The molecule has 1 N–H and O–H groups in total. The summed E-state index contributed by atoms with van der Waals surface area (Å²) in [6.45, 7) is 3.34. The minimum absolute atomic E-state index is 0.0560. The summed E-state index contributed by atoms with van der Waals surface area (Å²) >= 11 is 1.69. The highest BCUT2D eigenvalue weighted by atomic mass is 32.2. The Morgan fingerprint density at radius 1 is 1.53 bits per heavy atom. The average molecular weight is 285 g/mol. The number of anilines is 2. The molecule has 0 aliphatic heterocycles. The second-order valence-corrected chi connectivity index (χ2v) is 4.98. The lowest BCUT2D eigenvalue weighted by Gasteiger charge is -2.18. The Labute approximate surface area is 117 Å². The van der Waals surface area contributed by atoms with Gasteiger partial charge in [0.2, 0.25) is 11.6 Å². The quantitative estimate of drug-likeness (QED) is 0.577. The number of thioether (sulfide) groups is 1. The standard InChI is InChI=1S/C11H19N5O2S/c1-4-5-12-10-9(16(17)18)11(14-8-13-10)15(2)6-7-19-3/h8H,4-7H2,1-3H3,(H,12,13,14). The van der Waals surface area contributed by atoms with Gasteiger partial charge in [-0.3, -0.25) is 10.1 Å². The smallest absolute Gasteiger partial charge is 0.353 e. The van der Waals surface area contributed by atoms with E-state index < -0.39 is 4.92 Å². The summed E-state index contributed by atoms with van der Waals surface area (Å²) in [7, 11) is 1.80. The molecule has 0 spiro atoms. The van der Waals surface area contributed by atoms with Crippen molar-refractivity contribution in [1.82, 2.24) is 9.97 Å². The van der Waals surface area contributed by atoms with Crippen molar-refractivity contribution in [2.24, 2.45) is 0 Å². The maximum absolute atomic E-state index is 11.2. The number of aromatic nitrogens is 2. The van der Waals surface area contributed by atoms with Gasteiger partial charge in [-0.2, -0.15) is 11.8 Å². The lowest BCUT2D eigenvalue weighted by atomic mass is 10.3. The average Bonchev–Trinajstić information content (AvgIpc) is 2.41. The van der Waals surface area contributed by atoms with Crippen LogP contribution in [0.1, 0.15) is 13.3 Å². The van der Waals surface area contributed by atoms with Crippen LogP contribution in [0, 0.1) is 10.1 Å². The molecule has 0 aliphatic carbocycles. The Bertz CT molecular complexity index is 430. The predicted octanol–water partition coefficient (Wildman–Crippen LogP) is 2.01. The molecule has 8 heteroatoms. The molecular formula is C11H19N5O2S. The van der Waals surface area contributed by atoms with E-state index in [0.29, 0.717) is 18.9 Å². The second-order valence-electron chi connectivity index (χ2n) is 3.99. The van der Waals surface area contributed by atoms with Gasteiger partial charge < -0.3 is 10.2 Å². The van der Waals surface area contributed by atoms with Crippen LogP contribution >= 0.6 is 11.8 Å². The first-order valence-corrected chi connectivity index (χ1v) is 7.44. The molecule has 0 aromatic carbocycles. The summed E-state index contributed by atoms with van der Waals surface area (Å²) in [5, 5.41) is 14.2. The molecule has 0 atom stereocenters. The van der Waals surface area contributed by atoms with Gasteiger partial charge in [0.25, 0.3) is 0 Å². The molecule has 0 saturated heterocycles. The highest BCUT2D eigenvalue weighted by Gasteiger charge is 2.24. The van der Waals surface area contributed by atoms with Gasteiger partial charge in [-0.25, -0.2) is 9.97 Å². The van der Waals surface area contributed by atoms with Gasteiger partial charge in [0.15, 0.2) is 0 Å². The number of nitrogens with one attached hydrogen (secondary N) is 1. The summed E-state index contributed by atoms with van der Waals surface area (Å²) in [5.74, 6) is 1.52. The Kier molecular flexibility index (Phi) is 6.34. The molecule has 106 valence electrons. The van der Waals surface area contributed by atoms with E-state index >= 15 is 0 Å². The van der Waals surface area contributed by atoms with Crippen LogP contribution in [0.4, 0.5) is 17.3 Å². The van der Waals surface area contributed by atoms with Crippen molar-refractivity contribution < 1.29 is 4.92 Å². The molecule has 1 aromatic heterocycles. The number of rotatable bonds is 8. The van der Waals surface area contributed by atoms with Crippen molar-refractivity contribution in [3.63, 3.8) is 0 Å². The third-order valence-electron chi connectivity index (χ3n) is 2.52. The SMILES string of the molecule is CCCNc1ncnc(N(C)CCSC)c1[N+](=O)[O-]. The summed E-state index contributed by atoms with van der Waals surface area (Å²) in [4.78, 5) is 20.6. The van der Waals surface area contributed by atoms with Crippen molar-refractivity contribution in [3.05, 3.63) is 16.4 Å². The molecular weight excluding hydrogens is 266 g/mol. The van der Waals surface area contributed by atoms with Gasteiger partial charge in [0, 0.05) is 25.9 Å². The molecule has 19 heavy (non-hydrogen) atoms. The van der Waals surface area contributed by atoms with Gasteiger partial charge >= 0.3 is 5.69 Å². The third kappa shape index (κ3) is 4.23. The monoisotopic (exact) mass is 285 g/mol. The van der Waals surface area contributed by atoms with Crippen LogP contribution in [0.5, 0.6) is 0 Å². The first-order chi connectivity index (χ1) is 9.11. The van der Waals surface area contributed by atoms with Crippen molar-refractivity contribution in [2.45, 2.75) is 13.3 Å². The fourth-order valence-corrected chi connectivity index (χ4v) is 1.98. The van der Waals surface area contributed by atoms with Crippen molar-refractivity contribution in [1.29, 1.82) is 0 Å². The lowest BCUT2D eigenvalue weighted by Crippen LogP contribution is -2.23. The number of nitrogens with zero attached hydrogens (tertiary/aromatic N) is 4. The van der Waals surface area contributed by atoms with E-state index in [1.165, 1.54) is 6.33 Å². The van der Waals surface area contributed by atoms with Crippen LogP contribution in [0.3, 0.4) is 0 Å². The molecule has 0 amide bonds. The maximum Gasteiger partial charge on any atom is 0.353 e.